The first kappa shape index (κ1) is 63.8. The van der Waals surface area contributed by atoms with Crippen molar-refractivity contribution in [2.75, 3.05) is 6.61 Å². The lowest BCUT2D eigenvalue weighted by atomic mass is 10.0. The van der Waals surface area contributed by atoms with Crippen molar-refractivity contribution < 1.29 is 24.5 Å². The molecule has 1 amide bonds. The monoisotopic (exact) mass is 932 g/mol. The van der Waals surface area contributed by atoms with Crippen molar-refractivity contribution in [1.29, 1.82) is 0 Å². The SMILES string of the molecule is CC/C=C\C/C=C\C/C=C\C/C=C\C/C=C\C/C=C\CCC(=O)OC(CCCCC/C=C/C=C/CCCCCCCCC)CC(=O)NC(CO)C(O)CCCCCCCCCCCCCCC. The lowest BCUT2D eigenvalue weighted by Gasteiger charge is -2.24. The average Bonchev–Trinajstić information content (AvgIpc) is 3.32. The largest absolute Gasteiger partial charge is 0.462 e. The third kappa shape index (κ3) is 49.0. The van der Waals surface area contributed by atoms with Gasteiger partial charge in [0.15, 0.2) is 0 Å². The van der Waals surface area contributed by atoms with Crippen LogP contribution in [-0.2, 0) is 14.3 Å². The van der Waals surface area contributed by atoms with Gasteiger partial charge in [-0.05, 0) is 89.9 Å². The van der Waals surface area contributed by atoms with Gasteiger partial charge in [0.1, 0.15) is 6.10 Å². The van der Waals surface area contributed by atoms with Crippen LogP contribution < -0.4 is 5.32 Å². The first-order valence-corrected chi connectivity index (χ1v) is 28.0. The highest BCUT2D eigenvalue weighted by Crippen LogP contribution is 2.17. The van der Waals surface area contributed by atoms with Gasteiger partial charge in [0.2, 0.25) is 5.91 Å². The number of allylic oxidation sites excluding steroid dienone is 16. The molecular weight excluding hydrogens is 827 g/mol. The number of hydrogen-bond donors (Lipinski definition) is 3. The van der Waals surface area contributed by atoms with Crippen molar-refractivity contribution in [2.45, 2.75) is 270 Å². The van der Waals surface area contributed by atoms with Gasteiger partial charge in [-0.15, -0.1) is 0 Å². The maximum atomic E-state index is 13.2. The molecule has 0 bridgehead atoms. The number of carbonyl (C=O) groups excluding carboxylic acids is 2. The molecule has 0 saturated carbocycles. The normalized spacial score (nSPS) is 13.9. The highest BCUT2D eigenvalue weighted by molar-refractivity contribution is 5.77. The summed E-state index contributed by atoms with van der Waals surface area (Å²) in [4.78, 5) is 26.2. The fourth-order valence-electron chi connectivity index (χ4n) is 7.98. The van der Waals surface area contributed by atoms with Gasteiger partial charge < -0.3 is 20.3 Å². The first-order chi connectivity index (χ1) is 33.0. The quantitative estimate of drug-likeness (QED) is 0.0244. The van der Waals surface area contributed by atoms with Crippen LogP contribution in [0.5, 0.6) is 0 Å². The summed E-state index contributed by atoms with van der Waals surface area (Å²) in [5.74, 6) is -0.603. The summed E-state index contributed by atoms with van der Waals surface area (Å²) < 4.78 is 5.90. The van der Waals surface area contributed by atoms with E-state index < -0.39 is 18.2 Å². The summed E-state index contributed by atoms with van der Waals surface area (Å²) in [5, 5.41) is 23.8. The number of carbonyl (C=O) groups is 2. The van der Waals surface area contributed by atoms with Crippen LogP contribution in [-0.4, -0.2) is 46.9 Å². The molecule has 6 nitrogen and oxygen atoms in total. The van der Waals surface area contributed by atoms with Crippen LogP contribution in [0.4, 0.5) is 0 Å². The Morgan fingerprint density at radius 1 is 0.463 bits per heavy atom. The molecule has 3 unspecified atom stereocenters. The molecule has 0 aliphatic rings. The van der Waals surface area contributed by atoms with E-state index in [1.165, 1.54) is 109 Å². The summed E-state index contributed by atoms with van der Waals surface area (Å²) in [6.07, 6.45) is 71.9. The van der Waals surface area contributed by atoms with Crippen molar-refractivity contribution >= 4 is 11.9 Å². The fraction of sp³-hybridized carbons (Fsp3) is 0.705. The van der Waals surface area contributed by atoms with Crippen molar-refractivity contribution in [3.8, 4) is 0 Å². The number of unbranched alkanes of at least 4 members (excludes halogenated alkanes) is 22. The molecule has 0 radical (unpaired) electrons. The average molecular weight is 933 g/mol. The van der Waals surface area contributed by atoms with Crippen molar-refractivity contribution in [2.24, 2.45) is 0 Å². The van der Waals surface area contributed by atoms with E-state index in [2.05, 4.69) is 117 Å². The molecular formula is C61H105NO5. The van der Waals surface area contributed by atoms with Gasteiger partial charge >= 0.3 is 5.97 Å². The molecule has 0 spiro atoms. The van der Waals surface area contributed by atoms with Gasteiger partial charge in [0, 0.05) is 6.42 Å². The minimum atomic E-state index is -0.813. The maximum absolute atomic E-state index is 13.2. The van der Waals surface area contributed by atoms with Crippen molar-refractivity contribution in [1.82, 2.24) is 5.32 Å². The lowest BCUT2D eigenvalue weighted by molar-refractivity contribution is -0.150. The van der Waals surface area contributed by atoms with Gasteiger partial charge in [-0.25, -0.2) is 0 Å². The third-order valence-electron chi connectivity index (χ3n) is 12.2. The Morgan fingerprint density at radius 2 is 0.851 bits per heavy atom. The molecule has 0 fully saturated rings. The zero-order valence-electron chi connectivity index (χ0n) is 43.8. The van der Waals surface area contributed by atoms with Crippen LogP contribution in [0.25, 0.3) is 0 Å². The van der Waals surface area contributed by atoms with E-state index in [1.807, 2.05) is 6.08 Å². The Morgan fingerprint density at radius 3 is 1.30 bits per heavy atom. The predicted molar refractivity (Wildman–Crippen MR) is 291 cm³/mol. The molecule has 384 valence electrons. The van der Waals surface area contributed by atoms with Crippen LogP contribution >= 0.6 is 0 Å². The van der Waals surface area contributed by atoms with E-state index in [4.69, 9.17) is 4.74 Å². The van der Waals surface area contributed by atoms with Gasteiger partial charge in [-0.2, -0.15) is 0 Å². The smallest absolute Gasteiger partial charge is 0.306 e. The number of rotatable bonds is 49. The zero-order valence-corrected chi connectivity index (χ0v) is 43.8. The summed E-state index contributed by atoms with van der Waals surface area (Å²) in [5.41, 5.74) is 0. The third-order valence-corrected chi connectivity index (χ3v) is 12.2. The first-order valence-electron chi connectivity index (χ1n) is 28.0. The number of hydrogen-bond acceptors (Lipinski definition) is 5. The van der Waals surface area contributed by atoms with Crippen molar-refractivity contribution in [3.05, 3.63) is 97.2 Å². The highest BCUT2D eigenvalue weighted by atomic mass is 16.5. The van der Waals surface area contributed by atoms with Crippen LogP contribution in [0.15, 0.2) is 97.2 Å². The summed E-state index contributed by atoms with van der Waals surface area (Å²) >= 11 is 0. The van der Waals surface area contributed by atoms with Crippen LogP contribution in [0.3, 0.4) is 0 Å². The van der Waals surface area contributed by atoms with Gasteiger partial charge in [-0.1, -0.05) is 246 Å². The Balaban J connectivity index is 4.75. The molecule has 0 saturated heterocycles. The van der Waals surface area contributed by atoms with Crippen LogP contribution in [0.2, 0.25) is 0 Å². The number of amides is 1. The van der Waals surface area contributed by atoms with Crippen LogP contribution in [0, 0.1) is 0 Å². The molecule has 0 aliphatic carbocycles. The molecule has 0 aromatic carbocycles. The molecule has 0 aliphatic heterocycles. The second-order valence-corrected chi connectivity index (χ2v) is 18.6. The Hall–Kier alpha value is -3.22. The Bertz CT molecular complexity index is 1320. The lowest BCUT2D eigenvalue weighted by Crippen LogP contribution is -2.46. The maximum Gasteiger partial charge on any atom is 0.306 e. The van der Waals surface area contributed by atoms with E-state index in [1.54, 1.807) is 0 Å². The number of ether oxygens (including phenoxy) is 1. The minimum absolute atomic E-state index is 0.0248. The molecule has 0 aromatic heterocycles. The number of aliphatic hydroxyl groups is 2. The Kier molecular flexibility index (Phi) is 51.1. The number of esters is 1. The molecule has 67 heavy (non-hydrogen) atoms. The summed E-state index contributed by atoms with van der Waals surface area (Å²) in [7, 11) is 0. The summed E-state index contributed by atoms with van der Waals surface area (Å²) in [6, 6.07) is -0.731. The minimum Gasteiger partial charge on any atom is -0.462 e. The molecule has 0 heterocycles. The Labute approximate surface area is 414 Å². The molecule has 3 atom stereocenters. The standard InChI is InChI=1S/C61H105NO5/c1-4-7-10-13-16-19-22-25-27-29-30-31-33-36-39-42-45-48-51-54-61(66)67-57(52-49-46-43-40-37-35-32-28-26-23-20-17-14-11-8-5-2)55-60(65)62-58(56-63)59(64)53-50-47-44-41-38-34-24-21-18-15-12-9-6-3/h7,10,16,19,25,27-28,30-32,35-37,39,45,48,57-59,63-64H,4-6,8-9,11-15,17-18,20-24,26,29,33-34,38,40-44,46-47,49-56H2,1-3H3,(H,62,65)/b10-7-,19-16-,27-25-,31-30-,32-28+,37-35+,39-36-,48-45-. The fourth-order valence-corrected chi connectivity index (χ4v) is 7.98. The van der Waals surface area contributed by atoms with E-state index in [-0.39, 0.29) is 31.3 Å². The highest BCUT2D eigenvalue weighted by Gasteiger charge is 2.24. The van der Waals surface area contributed by atoms with E-state index in [9.17, 15) is 19.8 Å². The predicted octanol–water partition coefficient (Wildman–Crippen LogP) is 17.3. The van der Waals surface area contributed by atoms with E-state index >= 15 is 0 Å². The molecule has 0 aromatic rings. The molecule has 0 rings (SSSR count). The topological polar surface area (TPSA) is 95.9 Å². The summed E-state index contributed by atoms with van der Waals surface area (Å²) in [6.45, 7) is 6.35. The van der Waals surface area contributed by atoms with Crippen LogP contribution in [0.1, 0.15) is 252 Å². The molecule has 3 N–H and O–H groups in total. The second-order valence-electron chi connectivity index (χ2n) is 18.6. The second kappa shape index (κ2) is 53.7. The number of aliphatic hydroxyl groups excluding tert-OH is 2. The van der Waals surface area contributed by atoms with E-state index in [0.29, 0.717) is 19.3 Å². The van der Waals surface area contributed by atoms with Crippen molar-refractivity contribution in [3.63, 3.8) is 0 Å². The van der Waals surface area contributed by atoms with Gasteiger partial charge in [0.05, 0.1) is 25.2 Å². The van der Waals surface area contributed by atoms with Gasteiger partial charge in [-0.3, -0.25) is 9.59 Å². The number of nitrogens with one attached hydrogen (secondary N) is 1. The molecule has 6 heteroatoms. The zero-order chi connectivity index (χ0) is 48.8. The van der Waals surface area contributed by atoms with Gasteiger partial charge in [0.25, 0.3) is 0 Å². The van der Waals surface area contributed by atoms with E-state index in [0.717, 1.165) is 89.9 Å².